The molecule has 1 aliphatic carbocycles. The summed E-state index contributed by atoms with van der Waals surface area (Å²) >= 11 is 0. The molecule has 1 saturated carbocycles. The van der Waals surface area contributed by atoms with E-state index in [0.29, 0.717) is 23.8 Å². The molecule has 1 aromatic rings. The minimum absolute atomic E-state index is 0.338. The highest BCUT2D eigenvalue weighted by Crippen LogP contribution is 2.42. The van der Waals surface area contributed by atoms with Gasteiger partial charge in [0.25, 0.3) is 0 Å². The van der Waals surface area contributed by atoms with E-state index in [2.05, 4.69) is 31.0 Å². The van der Waals surface area contributed by atoms with Gasteiger partial charge in [-0.1, -0.05) is 20.8 Å². The van der Waals surface area contributed by atoms with Crippen molar-refractivity contribution in [2.45, 2.75) is 58.9 Å². The Balaban J connectivity index is 1.95. The van der Waals surface area contributed by atoms with Crippen LogP contribution in [0.15, 0.2) is 4.42 Å². The standard InChI is InChI=1S/C13H23N3O/c1-13(2,3)10-6-4-9(5-7-10)12-16-15-11(8-14)17-12/h9-10H,4-8,14H2,1-3H3. The lowest BCUT2D eigenvalue weighted by Gasteiger charge is -2.36. The molecule has 96 valence electrons. The summed E-state index contributed by atoms with van der Waals surface area (Å²) in [6.07, 6.45) is 4.84. The fraction of sp³-hybridized carbons (Fsp3) is 0.846. The van der Waals surface area contributed by atoms with Gasteiger partial charge in [-0.05, 0) is 37.0 Å². The van der Waals surface area contributed by atoms with Crippen LogP contribution in [-0.4, -0.2) is 10.2 Å². The van der Waals surface area contributed by atoms with Crippen molar-refractivity contribution in [3.05, 3.63) is 11.8 Å². The Kier molecular flexibility index (Phi) is 3.52. The first-order chi connectivity index (χ1) is 8.00. The molecule has 1 aromatic heterocycles. The summed E-state index contributed by atoms with van der Waals surface area (Å²) in [6, 6.07) is 0. The van der Waals surface area contributed by atoms with Crippen molar-refractivity contribution < 1.29 is 4.42 Å². The molecule has 2 rings (SSSR count). The van der Waals surface area contributed by atoms with E-state index in [1.54, 1.807) is 0 Å². The summed E-state index contributed by atoms with van der Waals surface area (Å²) in [6.45, 7) is 7.33. The first-order valence-electron chi connectivity index (χ1n) is 6.53. The van der Waals surface area contributed by atoms with Crippen molar-refractivity contribution in [1.29, 1.82) is 0 Å². The van der Waals surface area contributed by atoms with Gasteiger partial charge in [0.2, 0.25) is 11.8 Å². The van der Waals surface area contributed by atoms with E-state index >= 15 is 0 Å². The number of rotatable bonds is 2. The van der Waals surface area contributed by atoms with Gasteiger partial charge in [0.05, 0.1) is 6.54 Å². The van der Waals surface area contributed by atoms with Crippen LogP contribution in [0.1, 0.15) is 64.2 Å². The fourth-order valence-corrected chi connectivity index (χ4v) is 2.72. The molecule has 17 heavy (non-hydrogen) atoms. The van der Waals surface area contributed by atoms with Crippen LogP contribution in [0.5, 0.6) is 0 Å². The Morgan fingerprint density at radius 3 is 2.29 bits per heavy atom. The van der Waals surface area contributed by atoms with Crippen molar-refractivity contribution in [2.75, 3.05) is 0 Å². The third-order valence-corrected chi connectivity index (χ3v) is 3.96. The predicted octanol–water partition coefficient (Wildman–Crippen LogP) is 2.85. The molecule has 1 heterocycles. The van der Waals surface area contributed by atoms with E-state index in [0.717, 1.165) is 24.7 Å². The smallest absolute Gasteiger partial charge is 0.230 e. The van der Waals surface area contributed by atoms with Crippen LogP contribution in [0.4, 0.5) is 0 Å². The van der Waals surface area contributed by atoms with E-state index in [1.165, 1.54) is 12.8 Å². The average Bonchev–Trinajstić information content (AvgIpc) is 2.76. The van der Waals surface area contributed by atoms with E-state index in [9.17, 15) is 0 Å². The molecule has 4 heteroatoms. The SMILES string of the molecule is CC(C)(C)C1CCC(c2nnc(CN)o2)CC1. The van der Waals surface area contributed by atoms with Gasteiger partial charge in [-0.2, -0.15) is 0 Å². The van der Waals surface area contributed by atoms with Crippen LogP contribution < -0.4 is 5.73 Å². The van der Waals surface area contributed by atoms with Crippen LogP contribution in [0.3, 0.4) is 0 Å². The number of hydrogen-bond acceptors (Lipinski definition) is 4. The van der Waals surface area contributed by atoms with E-state index < -0.39 is 0 Å². The number of aromatic nitrogens is 2. The quantitative estimate of drug-likeness (QED) is 0.859. The fourth-order valence-electron chi connectivity index (χ4n) is 2.72. The maximum atomic E-state index is 5.55. The highest BCUT2D eigenvalue weighted by Gasteiger charge is 2.32. The Morgan fingerprint density at radius 1 is 1.18 bits per heavy atom. The van der Waals surface area contributed by atoms with Crippen molar-refractivity contribution in [3.8, 4) is 0 Å². The maximum absolute atomic E-state index is 5.55. The lowest BCUT2D eigenvalue weighted by atomic mass is 9.70. The molecule has 0 bridgehead atoms. The normalized spacial score (nSPS) is 26.1. The molecule has 0 aromatic carbocycles. The topological polar surface area (TPSA) is 64.9 Å². The minimum atomic E-state index is 0.338. The molecule has 0 atom stereocenters. The second-order valence-electron chi connectivity index (χ2n) is 6.15. The Labute approximate surface area is 103 Å². The highest BCUT2D eigenvalue weighted by molar-refractivity contribution is 4.95. The summed E-state index contributed by atoms with van der Waals surface area (Å²) < 4.78 is 5.55. The molecule has 1 fully saturated rings. The molecule has 0 amide bonds. The van der Waals surface area contributed by atoms with Gasteiger partial charge in [-0.25, -0.2) is 0 Å². The van der Waals surface area contributed by atoms with Crippen LogP contribution in [0, 0.1) is 11.3 Å². The molecule has 2 N–H and O–H groups in total. The molecule has 1 aliphatic rings. The van der Waals surface area contributed by atoms with Crippen molar-refractivity contribution in [3.63, 3.8) is 0 Å². The first kappa shape index (κ1) is 12.6. The third kappa shape index (κ3) is 2.86. The van der Waals surface area contributed by atoms with Gasteiger partial charge >= 0.3 is 0 Å². The largest absolute Gasteiger partial charge is 0.424 e. The summed E-state index contributed by atoms with van der Waals surface area (Å²) in [5.41, 5.74) is 5.89. The maximum Gasteiger partial charge on any atom is 0.230 e. The van der Waals surface area contributed by atoms with Gasteiger partial charge in [-0.15, -0.1) is 10.2 Å². The lowest BCUT2D eigenvalue weighted by molar-refractivity contribution is 0.161. The number of nitrogens with zero attached hydrogens (tertiary/aromatic N) is 2. The lowest BCUT2D eigenvalue weighted by Crippen LogP contribution is -2.25. The van der Waals surface area contributed by atoms with E-state index in [4.69, 9.17) is 10.2 Å². The average molecular weight is 237 g/mol. The molecule has 0 radical (unpaired) electrons. The Morgan fingerprint density at radius 2 is 1.82 bits per heavy atom. The summed E-state index contributed by atoms with van der Waals surface area (Å²) in [5.74, 6) is 2.60. The Bertz CT molecular complexity index is 359. The van der Waals surface area contributed by atoms with Crippen molar-refractivity contribution >= 4 is 0 Å². The molecule has 4 nitrogen and oxygen atoms in total. The highest BCUT2D eigenvalue weighted by atomic mass is 16.4. The number of hydrogen-bond donors (Lipinski definition) is 1. The zero-order chi connectivity index (χ0) is 12.5. The summed E-state index contributed by atoms with van der Waals surface area (Å²) in [4.78, 5) is 0. The van der Waals surface area contributed by atoms with E-state index in [-0.39, 0.29) is 0 Å². The Hall–Kier alpha value is -0.900. The van der Waals surface area contributed by atoms with Crippen LogP contribution in [0.25, 0.3) is 0 Å². The summed E-state index contributed by atoms with van der Waals surface area (Å²) in [5, 5.41) is 8.04. The monoisotopic (exact) mass is 237 g/mol. The van der Waals surface area contributed by atoms with Crippen LogP contribution in [0.2, 0.25) is 0 Å². The minimum Gasteiger partial charge on any atom is -0.424 e. The van der Waals surface area contributed by atoms with Crippen LogP contribution >= 0.6 is 0 Å². The molecule has 0 saturated heterocycles. The second kappa shape index (κ2) is 4.77. The third-order valence-electron chi connectivity index (χ3n) is 3.96. The predicted molar refractivity (Wildman–Crippen MR) is 66.3 cm³/mol. The van der Waals surface area contributed by atoms with Gasteiger partial charge in [-0.3, -0.25) is 0 Å². The van der Waals surface area contributed by atoms with Gasteiger partial charge in [0.15, 0.2) is 0 Å². The molecule has 0 unspecified atom stereocenters. The van der Waals surface area contributed by atoms with Gasteiger partial charge in [0, 0.05) is 5.92 Å². The van der Waals surface area contributed by atoms with Gasteiger partial charge in [0.1, 0.15) is 0 Å². The van der Waals surface area contributed by atoms with E-state index in [1.807, 2.05) is 0 Å². The molecule has 0 aliphatic heterocycles. The zero-order valence-electron chi connectivity index (χ0n) is 11.1. The molecule has 0 spiro atoms. The second-order valence-corrected chi connectivity index (χ2v) is 6.15. The van der Waals surface area contributed by atoms with Crippen LogP contribution in [-0.2, 0) is 6.54 Å². The zero-order valence-corrected chi connectivity index (χ0v) is 11.1. The van der Waals surface area contributed by atoms with Crippen molar-refractivity contribution in [1.82, 2.24) is 10.2 Å². The molecular formula is C13H23N3O. The first-order valence-corrected chi connectivity index (χ1v) is 6.53. The number of nitrogens with two attached hydrogens (primary N) is 1. The van der Waals surface area contributed by atoms with Gasteiger partial charge < -0.3 is 10.2 Å². The van der Waals surface area contributed by atoms with Crippen molar-refractivity contribution in [2.24, 2.45) is 17.1 Å². The summed E-state index contributed by atoms with van der Waals surface area (Å²) in [7, 11) is 0. The molecular weight excluding hydrogens is 214 g/mol.